The van der Waals surface area contributed by atoms with Gasteiger partial charge in [0.05, 0.1) is 6.10 Å². The Hall–Kier alpha value is -0.810. The molecular formula is C16H31N3O2. The van der Waals surface area contributed by atoms with E-state index in [0.29, 0.717) is 12.5 Å². The Morgan fingerprint density at radius 2 is 2.05 bits per heavy atom. The van der Waals surface area contributed by atoms with Crippen molar-refractivity contribution in [2.45, 2.75) is 45.6 Å². The van der Waals surface area contributed by atoms with Gasteiger partial charge >= 0.3 is 6.03 Å². The van der Waals surface area contributed by atoms with E-state index in [0.717, 1.165) is 38.4 Å². The second-order valence-corrected chi connectivity index (χ2v) is 6.91. The zero-order valence-corrected chi connectivity index (χ0v) is 13.6. The van der Waals surface area contributed by atoms with Crippen LogP contribution >= 0.6 is 0 Å². The molecular weight excluding hydrogens is 266 g/mol. The van der Waals surface area contributed by atoms with E-state index in [4.69, 9.17) is 0 Å². The second kappa shape index (κ2) is 7.99. The molecule has 0 bridgehead atoms. The van der Waals surface area contributed by atoms with Gasteiger partial charge in [0.15, 0.2) is 0 Å². The summed E-state index contributed by atoms with van der Waals surface area (Å²) in [5.74, 6) is 1.11. The van der Waals surface area contributed by atoms with Crippen molar-refractivity contribution in [1.29, 1.82) is 0 Å². The highest BCUT2D eigenvalue weighted by molar-refractivity contribution is 5.74. The van der Waals surface area contributed by atoms with Gasteiger partial charge in [0.1, 0.15) is 0 Å². The van der Waals surface area contributed by atoms with Crippen LogP contribution in [0.15, 0.2) is 0 Å². The molecule has 2 rings (SSSR count). The first-order valence-corrected chi connectivity index (χ1v) is 8.49. The summed E-state index contributed by atoms with van der Waals surface area (Å²) in [4.78, 5) is 16.3. The highest BCUT2D eigenvalue weighted by Gasteiger charge is 2.27. The van der Waals surface area contributed by atoms with Crippen LogP contribution in [0.5, 0.6) is 0 Å². The summed E-state index contributed by atoms with van der Waals surface area (Å²) in [6.45, 7) is 9.79. The minimum atomic E-state index is -0.376. The average molecular weight is 297 g/mol. The van der Waals surface area contributed by atoms with Gasteiger partial charge in [-0.15, -0.1) is 0 Å². The van der Waals surface area contributed by atoms with Crippen LogP contribution in [0.4, 0.5) is 4.79 Å². The van der Waals surface area contributed by atoms with E-state index in [2.05, 4.69) is 17.1 Å². The van der Waals surface area contributed by atoms with Gasteiger partial charge in [-0.2, -0.15) is 0 Å². The van der Waals surface area contributed by atoms with E-state index in [-0.39, 0.29) is 12.1 Å². The minimum Gasteiger partial charge on any atom is -0.391 e. The first kappa shape index (κ1) is 16.6. The topological polar surface area (TPSA) is 55.8 Å². The molecule has 0 saturated carbocycles. The van der Waals surface area contributed by atoms with Crippen molar-refractivity contribution in [3.05, 3.63) is 0 Å². The van der Waals surface area contributed by atoms with E-state index in [1.165, 1.54) is 25.9 Å². The number of hydrogen-bond acceptors (Lipinski definition) is 3. The van der Waals surface area contributed by atoms with Crippen molar-refractivity contribution in [2.24, 2.45) is 11.8 Å². The predicted octanol–water partition coefficient (Wildman–Crippen LogP) is 1.52. The number of amides is 2. The lowest BCUT2D eigenvalue weighted by atomic mass is 9.96. The summed E-state index contributed by atoms with van der Waals surface area (Å²) in [5.41, 5.74) is 0. The first-order chi connectivity index (χ1) is 10.1. The number of rotatable bonds is 4. The molecule has 2 saturated heterocycles. The number of nitrogens with zero attached hydrogens (tertiary/aromatic N) is 2. The van der Waals surface area contributed by atoms with Crippen LogP contribution in [0.1, 0.15) is 39.5 Å². The molecule has 2 N–H and O–H groups in total. The quantitative estimate of drug-likeness (QED) is 0.774. The van der Waals surface area contributed by atoms with Crippen molar-refractivity contribution in [3.8, 4) is 0 Å². The zero-order valence-electron chi connectivity index (χ0n) is 13.6. The lowest BCUT2D eigenvalue weighted by molar-refractivity contribution is 0.0435. The maximum absolute atomic E-state index is 12.0. The van der Waals surface area contributed by atoms with Gasteiger partial charge in [0, 0.05) is 26.2 Å². The van der Waals surface area contributed by atoms with E-state index in [1.807, 2.05) is 6.92 Å². The maximum Gasteiger partial charge on any atom is 0.317 e. The molecule has 0 aromatic heterocycles. The molecule has 2 heterocycles. The third-order valence-corrected chi connectivity index (χ3v) is 4.87. The predicted molar refractivity (Wildman–Crippen MR) is 84.2 cm³/mol. The van der Waals surface area contributed by atoms with E-state index < -0.39 is 0 Å². The summed E-state index contributed by atoms with van der Waals surface area (Å²) < 4.78 is 0. The summed E-state index contributed by atoms with van der Waals surface area (Å²) in [6, 6.07) is -0.0204. The van der Waals surface area contributed by atoms with Crippen LogP contribution < -0.4 is 5.32 Å². The average Bonchev–Trinajstić information content (AvgIpc) is 2.46. The number of aliphatic hydroxyl groups excluding tert-OH is 1. The lowest BCUT2D eigenvalue weighted by Gasteiger charge is -2.34. The Balaban J connectivity index is 1.59. The largest absolute Gasteiger partial charge is 0.391 e. The number of β-amino-alcohol motifs (C(OH)–C–C–N with tert-alkyl or cyclic N) is 1. The van der Waals surface area contributed by atoms with Gasteiger partial charge in [-0.1, -0.05) is 13.8 Å². The highest BCUT2D eigenvalue weighted by Crippen LogP contribution is 2.17. The fourth-order valence-electron chi connectivity index (χ4n) is 3.33. The molecule has 2 aliphatic heterocycles. The number of urea groups is 1. The molecule has 3 unspecified atom stereocenters. The number of hydrogen-bond donors (Lipinski definition) is 2. The van der Waals surface area contributed by atoms with Crippen molar-refractivity contribution in [1.82, 2.24) is 15.1 Å². The normalized spacial score (nSPS) is 31.2. The molecule has 5 heteroatoms. The molecule has 2 fully saturated rings. The van der Waals surface area contributed by atoms with Gasteiger partial charge < -0.3 is 20.2 Å². The van der Waals surface area contributed by atoms with Gasteiger partial charge in [-0.3, -0.25) is 0 Å². The van der Waals surface area contributed by atoms with Crippen LogP contribution in [0.3, 0.4) is 0 Å². The fourth-order valence-corrected chi connectivity index (χ4v) is 3.33. The Bertz CT molecular complexity index is 337. The molecule has 2 aliphatic rings. The Labute approximate surface area is 128 Å². The first-order valence-electron chi connectivity index (χ1n) is 8.49. The van der Waals surface area contributed by atoms with Crippen LogP contribution in [0, 0.1) is 11.8 Å². The van der Waals surface area contributed by atoms with Crippen LogP contribution in [0.25, 0.3) is 0 Å². The molecule has 0 spiro atoms. The smallest absolute Gasteiger partial charge is 0.317 e. The van der Waals surface area contributed by atoms with Crippen LogP contribution in [-0.4, -0.2) is 66.3 Å². The van der Waals surface area contributed by atoms with Crippen molar-refractivity contribution in [3.63, 3.8) is 0 Å². The molecule has 0 radical (unpaired) electrons. The van der Waals surface area contributed by atoms with Gasteiger partial charge in [-0.05, 0) is 50.6 Å². The maximum atomic E-state index is 12.0. The van der Waals surface area contributed by atoms with Crippen LogP contribution in [-0.2, 0) is 0 Å². The molecule has 0 aromatic carbocycles. The van der Waals surface area contributed by atoms with E-state index >= 15 is 0 Å². The molecule has 0 aliphatic carbocycles. The molecule has 0 aromatic rings. The molecule has 2 amide bonds. The second-order valence-electron chi connectivity index (χ2n) is 6.91. The molecule has 21 heavy (non-hydrogen) atoms. The number of aliphatic hydroxyl groups is 1. The SMILES string of the molecule is CC1CCCN(CCCNC(=O)N2CCC(C)C(O)C2)C1. The standard InChI is InChI=1S/C16H31N3O2/c1-13-5-3-8-18(11-13)9-4-7-17-16(21)19-10-6-14(2)15(20)12-19/h13-15,20H,3-12H2,1-2H3,(H,17,21). The minimum absolute atomic E-state index is 0.0204. The summed E-state index contributed by atoms with van der Waals surface area (Å²) in [7, 11) is 0. The van der Waals surface area contributed by atoms with Crippen LogP contribution in [0.2, 0.25) is 0 Å². The third kappa shape index (κ3) is 5.15. The lowest BCUT2D eigenvalue weighted by Crippen LogP contribution is -2.50. The Morgan fingerprint density at radius 1 is 1.24 bits per heavy atom. The number of carbonyl (C=O) groups is 1. The highest BCUT2D eigenvalue weighted by atomic mass is 16.3. The zero-order chi connectivity index (χ0) is 15.2. The molecule has 3 atom stereocenters. The number of piperidine rings is 2. The summed E-state index contributed by atoms with van der Waals surface area (Å²) in [5, 5.41) is 12.8. The van der Waals surface area contributed by atoms with Crippen molar-refractivity contribution in [2.75, 3.05) is 39.3 Å². The number of likely N-dealkylation sites (tertiary alicyclic amines) is 2. The Morgan fingerprint density at radius 3 is 2.76 bits per heavy atom. The third-order valence-electron chi connectivity index (χ3n) is 4.87. The summed E-state index contributed by atoms with van der Waals surface area (Å²) >= 11 is 0. The van der Waals surface area contributed by atoms with Gasteiger partial charge in [-0.25, -0.2) is 4.79 Å². The number of nitrogens with one attached hydrogen (secondary N) is 1. The van der Waals surface area contributed by atoms with Gasteiger partial charge in [0.2, 0.25) is 0 Å². The fraction of sp³-hybridized carbons (Fsp3) is 0.938. The van der Waals surface area contributed by atoms with E-state index in [9.17, 15) is 9.90 Å². The van der Waals surface area contributed by atoms with E-state index in [1.54, 1.807) is 4.90 Å². The molecule has 5 nitrogen and oxygen atoms in total. The monoisotopic (exact) mass is 297 g/mol. The van der Waals surface area contributed by atoms with Crippen molar-refractivity contribution < 1.29 is 9.90 Å². The molecule has 122 valence electrons. The van der Waals surface area contributed by atoms with Crippen molar-refractivity contribution >= 4 is 6.03 Å². The van der Waals surface area contributed by atoms with Gasteiger partial charge in [0.25, 0.3) is 0 Å². The Kier molecular flexibility index (Phi) is 6.30. The summed E-state index contributed by atoms with van der Waals surface area (Å²) in [6.07, 6.45) is 4.17. The number of carbonyl (C=O) groups excluding carboxylic acids is 1.